The van der Waals surface area contributed by atoms with Crippen LogP contribution in [0.2, 0.25) is 0 Å². The normalized spacial score (nSPS) is 23.4. The van der Waals surface area contributed by atoms with Crippen molar-refractivity contribution in [2.24, 2.45) is 5.92 Å². The van der Waals surface area contributed by atoms with Crippen LogP contribution in [0.4, 0.5) is 0 Å². The SMILES string of the molecule is CC1=CC=C(OC2=CC=CC(C)C=C2)C=CC1. The van der Waals surface area contributed by atoms with Crippen LogP contribution in [0.1, 0.15) is 20.3 Å². The summed E-state index contributed by atoms with van der Waals surface area (Å²) in [5.41, 5.74) is 1.35. The first-order valence-electron chi connectivity index (χ1n) is 6.02. The van der Waals surface area contributed by atoms with Gasteiger partial charge in [0.05, 0.1) is 0 Å². The molecule has 0 aromatic carbocycles. The van der Waals surface area contributed by atoms with Crippen LogP contribution >= 0.6 is 0 Å². The molecular weight excluding hydrogens is 208 g/mol. The molecule has 1 unspecified atom stereocenters. The van der Waals surface area contributed by atoms with Gasteiger partial charge in [-0.15, -0.1) is 0 Å². The minimum atomic E-state index is 0.466. The smallest absolute Gasteiger partial charge is 0.127 e. The van der Waals surface area contributed by atoms with E-state index in [-0.39, 0.29) is 0 Å². The molecule has 0 radical (unpaired) electrons. The predicted octanol–water partition coefficient (Wildman–Crippen LogP) is 4.44. The molecule has 0 saturated carbocycles. The van der Waals surface area contributed by atoms with Gasteiger partial charge >= 0.3 is 0 Å². The molecule has 1 nitrogen and oxygen atoms in total. The third kappa shape index (κ3) is 3.63. The maximum absolute atomic E-state index is 5.84. The standard InChI is InChI=1S/C16H18O/c1-13-5-3-7-15(11-9-13)17-16-8-4-6-14(2)10-12-16/h3-5,7-13H,6H2,1-2H3. The van der Waals surface area contributed by atoms with E-state index in [4.69, 9.17) is 4.74 Å². The molecule has 2 aliphatic rings. The highest BCUT2D eigenvalue weighted by Gasteiger charge is 2.02. The molecule has 1 heteroatoms. The third-order valence-corrected chi connectivity index (χ3v) is 2.73. The van der Waals surface area contributed by atoms with E-state index in [2.05, 4.69) is 38.2 Å². The van der Waals surface area contributed by atoms with Gasteiger partial charge < -0.3 is 4.74 Å². The minimum Gasteiger partial charge on any atom is -0.457 e. The quantitative estimate of drug-likeness (QED) is 0.676. The van der Waals surface area contributed by atoms with Gasteiger partial charge in [0.25, 0.3) is 0 Å². The Morgan fingerprint density at radius 1 is 1.06 bits per heavy atom. The first-order valence-corrected chi connectivity index (χ1v) is 6.02. The summed E-state index contributed by atoms with van der Waals surface area (Å²) in [6.45, 7) is 4.28. The Labute approximate surface area is 103 Å². The summed E-state index contributed by atoms with van der Waals surface area (Å²) in [6, 6.07) is 0. The Morgan fingerprint density at radius 2 is 1.88 bits per heavy atom. The lowest BCUT2D eigenvalue weighted by molar-refractivity contribution is 0.336. The molecule has 0 bridgehead atoms. The second-order valence-corrected chi connectivity index (χ2v) is 4.46. The second-order valence-electron chi connectivity index (χ2n) is 4.46. The zero-order valence-electron chi connectivity index (χ0n) is 10.4. The van der Waals surface area contributed by atoms with Gasteiger partial charge in [-0.1, -0.05) is 42.9 Å². The summed E-state index contributed by atoms with van der Waals surface area (Å²) < 4.78 is 5.84. The van der Waals surface area contributed by atoms with Crippen molar-refractivity contribution in [1.82, 2.24) is 0 Å². The van der Waals surface area contributed by atoms with Crippen molar-refractivity contribution in [2.45, 2.75) is 20.3 Å². The molecular formula is C16H18O. The molecule has 0 spiro atoms. The fourth-order valence-electron chi connectivity index (χ4n) is 1.67. The average molecular weight is 226 g/mol. The molecule has 0 saturated heterocycles. The van der Waals surface area contributed by atoms with Gasteiger partial charge in [0.2, 0.25) is 0 Å². The highest BCUT2D eigenvalue weighted by atomic mass is 16.5. The van der Waals surface area contributed by atoms with Crippen LogP contribution < -0.4 is 0 Å². The van der Waals surface area contributed by atoms with Gasteiger partial charge in [0.1, 0.15) is 11.5 Å². The lowest BCUT2D eigenvalue weighted by Gasteiger charge is -2.05. The first-order chi connectivity index (χ1) is 8.24. The maximum Gasteiger partial charge on any atom is 0.127 e. The van der Waals surface area contributed by atoms with Crippen LogP contribution in [0.25, 0.3) is 0 Å². The Morgan fingerprint density at radius 3 is 2.76 bits per heavy atom. The number of ether oxygens (including phenoxy) is 1. The van der Waals surface area contributed by atoms with Gasteiger partial charge in [-0.25, -0.2) is 0 Å². The molecule has 2 rings (SSSR count). The summed E-state index contributed by atoms with van der Waals surface area (Å²) in [6.07, 6.45) is 19.6. The molecule has 0 fully saturated rings. The maximum atomic E-state index is 5.84. The fraction of sp³-hybridized carbons (Fsp3) is 0.250. The average Bonchev–Trinajstić information content (AvgIpc) is 2.62. The zero-order chi connectivity index (χ0) is 12.1. The van der Waals surface area contributed by atoms with E-state index in [9.17, 15) is 0 Å². The first kappa shape index (κ1) is 11.7. The van der Waals surface area contributed by atoms with E-state index in [1.54, 1.807) is 0 Å². The minimum absolute atomic E-state index is 0.466. The summed E-state index contributed by atoms with van der Waals surface area (Å²) in [7, 11) is 0. The van der Waals surface area contributed by atoms with Crippen LogP contribution in [0.15, 0.2) is 71.8 Å². The van der Waals surface area contributed by atoms with E-state index in [1.807, 2.05) is 30.4 Å². The second kappa shape index (κ2) is 5.53. The number of hydrogen-bond acceptors (Lipinski definition) is 1. The largest absolute Gasteiger partial charge is 0.457 e. The van der Waals surface area contributed by atoms with Gasteiger partial charge in [-0.05, 0) is 43.6 Å². The van der Waals surface area contributed by atoms with Crippen LogP contribution in [0, 0.1) is 5.92 Å². The summed E-state index contributed by atoms with van der Waals surface area (Å²) >= 11 is 0. The Balaban J connectivity index is 2.09. The number of rotatable bonds is 2. The van der Waals surface area contributed by atoms with Crippen molar-refractivity contribution in [3.63, 3.8) is 0 Å². The molecule has 0 aliphatic heterocycles. The molecule has 0 N–H and O–H groups in total. The molecule has 1 atom stereocenters. The summed E-state index contributed by atoms with van der Waals surface area (Å²) in [5.74, 6) is 2.24. The summed E-state index contributed by atoms with van der Waals surface area (Å²) in [4.78, 5) is 0. The number of hydrogen-bond donors (Lipinski definition) is 0. The molecule has 17 heavy (non-hydrogen) atoms. The summed E-state index contributed by atoms with van der Waals surface area (Å²) in [5, 5.41) is 0. The van der Waals surface area contributed by atoms with Crippen molar-refractivity contribution in [1.29, 1.82) is 0 Å². The van der Waals surface area contributed by atoms with Crippen LogP contribution in [-0.2, 0) is 4.74 Å². The molecule has 0 amide bonds. The van der Waals surface area contributed by atoms with Crippen LogP contribution in [0.3, 0.4) is 0 Å². The Bertz CT molecular complexity index is 456. The van der Waals surface area contributed by atoms with Crippen molar-refractivity contribution >= 4 is 0 Å². The monoisotopic (exact) mass is 226 g/mol. The van der Waals surface area contributed by atoms with E-state index in [1.165, 1.54) is 5.57 Å². The Kier molecular flexibility index (Phi) is 3.81. The van der Waals surface area contributed by atoms with E-state index >= 15 is 0 Å². The highest BCUT2D eigenvalue weighted by molar-refractivity contribution is 5.31. The van der Waals surface area contributed by atoms with Crippen LogP contribution in [-0.4, -0.2) is 0 Å². The molecule has 88 valence electrons. The lowest BCUT2D eigenvalue weighted by atomic mass is 10.2. The Hall–Kier alpha value is -1.76. The van der Waals surface area contributed by atoms with Gasteiger partial charge in [-0.2, -0.15) is 0 Å². The van der Waals surface area contributed by atoms with Gasteiger partial charge in [-0.3, -0.25) is 0 Å². The highest BCUT2D eigenvalue weighted by Crippen LogP contribution is 2.17. The number of allylic oxidation sites excluding steroid dienone is 10. The molecule has 0 aromatic heterocycles. The van der Waals surface area contributed by atoms with Gasteiger partial charge in [0.15, 0.2) is 0 Å². The fourth-order valence-corrected chi connectivity index (χ4v) is 1.67. The van der Waals surface area contributed by atoms with Crippen molar-refractivity contribution in [3.8, 4) is 0 Å². The van der Waals surface area contributed by atoms with Crippen molar-refractivity contribution < 1.29 is 4.74 Å². The van der Waals surface area contributed by atoms with Crippen molar-refractivity contribution in [2.75, 3.05) is 0 Å². The van der Waals surface area contributed by atoms with Crippen molar-refractivity contribution in [3.05, 3.63) is 71.8 Å². The van der Waals surface area contributed by atoms with Crippen LogP contribution in [0.5, 0.6) is 0 Å². The lowest BCUT2D eigenvalue weighted by Crippen LogP contribution is -1.88. The topological polar surface area (TPSA) is 9.23 Å². The van der Waals surface area contributed by atoms with E-state index in [0.29, 0.717) is 5.92 Å². The predicted molar refractivity (Wildman–Crippen MR) is 72.2 cm³/mol. The molecule has 2 aliphatic carbocycles. The van der Waals surface area contributed by atoms with Gasteiger partial charge in [0, 0.05) is 0 Å². The molecule has 0 heterocycles. The van der Waals surface area contributed by atoms with E-state index < -0.39 is 0 Å². The van der Waals surface area contributed by atoms with E-state index in [0.717, 1.165) is 17.9 Å². The molecule has 0 aromatic rings. The zero-order valence-corrected chi connectivity index (χ0v) is 10.4. The third-order valence-electron chi connectivity index (χ3n) is 2.73.